The molecule has 0 aliphatic heterocycles. The number of esters is 1. The van der Waals surface area contributed by atoms with Crippen molar-refractivity contribution in [2.24, 2.45) is 39.9 Å². The highest BCUT2D eigenvalue weighted by Gasteiger charge is 2.65. The van der Waals surface area contributed by atoms with Crippen LogP contribution in [-0.2, 0) is 14.3 Å². The Hall–Kier alpha value is -0.860. The zero-order valence-electron chi connectivity index (χ0n) is 15.5. The predicted octanol–water partition coefficient (Wildman–Crippen LogP) is 4.39. The van der Waals surface area contributed by atoms with Crippen molar-refractivity contribution < 1.29 is 14.3 Å². The summed E-state index contributed by atoms with van der Waals surface area (Å²) in [6, 6.07) is 0. The largest absolute Gasteiger partial charge is 0.469 e. The topological polar surface area (TPSA) is 43.4 Å². The van der Waals surface area contributed by atoms with Gasteiger partial charge in [-0.15, -0.1) is 0 Å². The van der Waals surface area contributed by atoms with Gasteiger partial charge in [-0.05, 0) is 86.9 Å². The maximum absolute atomic E-state index is 12.6. The van der Waals surface area contributed by atoms with Gasteiger partial charge in [0.05, 0.1) is 12.5 Å². The highest BCUT2D eigenvalue weighted by atomic mass is 16.5. The van der Waals surface area contributed by atoms with E-state index in [4.69, 9.17) is 4.74 Å². The van der Waals surface area contributed by atoms with Crippen LogP contribution in [0.2, 0.25) is 0 Å². The number of hydrogen-bond donors (Lipinski definition) is 0. The SMILES string of the molecule is COC(=O)[C@]1(C)CCC[C@@]2(C)[C@@H]3CC[C@H]4C[C@@]3(CC[C@@H]21)C[C@@H]4C=O. The Bertz CT molecular complexity index is 557. The Labute approximate surface area is 145 Å². The first-order valence-corrected chi connectivity index (χ1v) is 9.93. The van der Waals surface area contributed by atoms with E-state index in [-0.39, 0.29) is 16.8 Å². The Kier molecular flexibility index (Phi) is 3.68. The molecular formula is C21H32O3. The molecule has 4 aliphatic carbocycles. The molecule has 4 fully saturated rings. The van der Waals surface area contributed by atoms with Crippen molar-refractivity contribution in [1.82, 2.24) is 0 Å². The lowest BCUT2D eigenvalue weighted by molar-refractivity contribution is -0.183. The molecule has 4 rings (SSSR count). The summed E-state index contributed by atoms with van der Waals surface area (Å²) in [7, 11) is 1.54. The number of fused-ring (bicyclic) bond motifs is 3. The third kappa shape index (κ3) is 1.96. The molecule has 7 atom stereocenters. The molecule has 0 saturated heterocycles. The molecule has 0 aromatic heterocycles. The predicted molar refractivity (Wildman–Crippen MR) is 92.2 cm³/mol. The number of carbonyl (C=O) groups excluding carboxylic acids is 2. The van der Waals surface area contributed by atoms with Crippen molar-refractivity contribution in [2.75, 3.05) is 7.11 Å². The second-order valence-corrected chi connectivity index (χ2v) is 9.82. The summed E-state index contributed by atoms with van der Waals surface area (Å²) in [5.41, 5.74) is 0.305. The van der Waals surface area contributed by atoms with Crippen molar-refractivity contribution >= 4 is 12.3 Å². The van der Waals surface area contributed by atoms with Crippen LogP contribution in [0.3, 0.4) is 0 Å². The van der Waals surface area contributed by atoms with Gasteiger partial charge in [0.15, 0.2) is 0 Å². The molecule has 4 aliphatic rings. The minimum atomic E-state index is -0.317. The van der Waals surface area contributed by atoms with E-state index in [1.807, 2.05) is 0 Å². The van der Waals surface area contributed by atoms with Crippen LogP contribution in [0, 0.1) is 39.9 Å². The van der Waals surface area contributed by atoms with Crippen molar-refractivity contribution in [2.45, 2.75) is 71.6 Å². The highest BCUT2D eigenvalue weighted by Crippen LogP contribution is 2.72. The maximum atomic E-state index is 12.6. The summed E-state index contributed by atoms with van der Waals surface area (Å²) >= 11 is 0. The number of ether oxygens (including phenoxy) is 1. The number of methoxy groups -OCH3 is 1. The van der Waals surface area contributed by atoms with Gasteiger partial charge in [-0.3, -0.25) is 4.79 Å². The maximum Gasteiger partial charge on any atom is 0.311 e. The third-order valence-electron chi connectivity index (χ3n) is 9.01. The molecule has 134 valence electrons. The van der Waals surface area contributed by atoms with E-state index in [1.54, 1.807) is 7.11 Å². The van der Waals surface area contributed by atoms with Gasteiger partial charge >= 0.3 is 5.97 Å². The van der Waals surface area contributed by atoms with Gasteiger partial charge in [0.2, 0.25) is 0 Å². The van der Waals surface area contributed by atoms with Crippen LogP contribution in [0.15, 0.2) is 0 Å². The zero-order chi connectivity index (χ0) is 17.2. The molecule has 1 spiro atoms. The summed E-state index contributed by atoms with van der Waals surface area (Å²) in [6.07, 6.45) is 11.8. The number of aldehydes is 1. The number of carbonyl (C=O) groups is 2. The Balaban J connectivity index is 1.71. The van der Waals surface area contributed by atoms with Crippen molar-refractivity contribution in [3.63, 3.8) is 0 Å². The molecule has 24 heavy (non-hydrogen) atoms. The quantitative estimate of drug-likeness (QED) is 0.556. The molecule has 2 bridgehead atoms. The molecule has 3 heteroatoms. The second kappa shape index (κ2) is 5.32. The lowest BCUT2D eigenvalue weighted by atomic mass is 9.41. The van der Waals surface area contributed by atoms with E-state index in [1.165, 1.54) is 38.4 Å². The van der Waals surface area contributed by atoms with E-state index in [9.17, 15) is 9.59 Å². The lowest BCUT2D eigenvalue weighted by Crippen LogP contribution is -2.58. The van der Waals surface area contributed by atoms with E-state index in [0.29, 0.717) is 29.1 Å². The lowest BCUT2D eigenvalue weighted by Gasteiger charge is -2.63. The molecule has 0 radical (unpaired) electrons. The molecule has 0 amide bonds. The average molecular weight is 332 g/mol. The summed E-state index contributed by atoms with van der Waals surface area (Å²) in [5.74, 6) is 2.06. The minimum Gasteiger partial charge on any atom is -0.469 e. The highest BCUT2D eigenvalue weighted by molar-refractivity contribution is 5.77. The third-order valence-corrected chi connectivity index (χ3v) is 9.01. The molecular weight excluding hydrogens is 300 g/mol. The van der Waals surface area contributed by atoms with Crippen molar-refractivity contribution in [1.29, 1.82) is 0 Å². The first-order valence-electron chi connectivity index (χ1n) is 9.93. The fourth-order valence-electron chi connectivity index (χ4n) is 8.13. The fourth-order valence-corrected chi connectivity index (χ4v) is 8.13. The van der Waals surface area contributed by atoms with Crippen LogP contribution < -0.4 is 0 Å². The summed E-state index contributed by atoms with van der Waals surface area (Å²) < 4.78 is 5.23. The summed E-state index contributed by atoms with van der Waals surface area (Å²) in [5, 5.41) is 0. The Morgan fingerprint density at radius 2 is 1.83 bits per heavy atom. The molecule has 0 aromatic carbocycles. The second-order valence-electron chi connectivity index (χ2n) is 9.82. The minimum absolute atomic E-state index is 0.000232. The molecule has 4 saturated carbocycles. The van der Waals surface area contributed by atoms with Gasteiger partial charge in [-0.1, -0.05) is 13.3 Å². The first kappa shape index (κ1) is 16.6. The van der Waals surface area contributed by atoms with Crippen LogP contribution in [0.4, 0.5) is 0 Å². The zero-order valence-corrected chi connectivity index (χ0v) is 15.5. The van der Waals surface area contributed by atoms with Crippen LogP contribution in [0.5, 0.6) is 0 Å². The number of rotatable bonds is 2. The van der Waals surface area contributed by atoms with Gasteiger partial charge in [0.25, 0.3) is 0 Å². The van der Waals surface area contributed by atoms with E-state index in [0.717, 1.165) is 25.7 Å². The number of hydrogen-bond acceptors (Lipinski definition) is 3. The fraction of sp³-hybridized carbons (Fsp3) is 0.905. The van der Waals surface area contributed by atoms with Crippen molar-refractivity contribution in [3.05, 3.63) is 0 Å². The average Bonchev–Trinajstić information content (AvgIpc) is 2.84. The Morgan fingerprint density at radius 1 is 1.04 bits per heavy atom. The van der Waals surface area contributed by atoms with Gasteiger partial charge in [0, 0.05) is 5.92 Å². The molecule has 3 nitrogen and oxygen atoms in total. The van der Waals surface area contributed by atoms with Crippen LogP contribution in [0.25, 0.3) is 0 Å². The van der Waals surface area contributed by atoms with Gasteiger partial charge < -0.3 is 9.53 Å². The van der Waals surface area contributed by atoms with Gasteiger partial charge in [-0.25, -0.2) is 0 Å². The molecule has 0 aromatic rings. The van der Waals surface area contributed by atoms with E-state index < -0.39 is 0 Å². The van der Waals surface area contributed by atoms with Crippen molar-refractivity contribution in [3.8, 4) is 0 Å². The van der Waals surface area contributed by atoms with Gasteiger partial charge in [0.1, 0.15) is 6.29 Å². The first-order chi connectivity index (χ1) is 11.4. The standard InChI is InChI=1S/C21H32O3/c1-19-8-4-9-20(2,18(23)24-3)16(19)7-10-21-11-14(5-6-17(19)21)15(12-21)13-22/h13-17H,4-12H2,1-3H3/t14-,15+,16-,17-,19+,20+,21-/m0/s1. The van der Waals surface area contributed by atoms with Crippen LogP contribution in [0.1, 0.15) is 71.6 Å². The monoisotopic (exact) mass is 332 g/mol. The molecule has 0 heterocycles. The molecule has 0 N–H and O–H groups in total. The summed E-state index contributed by atoms with van der Waals surface area (Å²) in [6.45, 7) is 4.63. The van der Waals surface area contributed by atoms with E-state index in [2.05, 4.69) is 13.8 Å². The van der Waals surface area contributed by atoms with Gasteiger partial charge in [-0.2, -0.15) is 0 Å². The van der Waals surface area contributed by atoms with Crippen LogP contribution in [-0.4, -0.2) is 19.4 Å². The smallest absolute Gasteiger partial charge is 0.311 e. The normalized spacial score (nSPS) is 53.0. The van der Waals surface area contributed by atoms with E-state index >= 15 is 0 Å². The molecule has 0 unspecified atom stereocenters. The summed E-state index contributed by atoms with van der Waals surface area (Å²) in [4.78, 5) is 24.2. The Morgan fingerprint density at radius 3 is 2.54 bits per heavy atom. The van der Waals surface area contributed by atoms with Crippen LogP contribution >= 0.6 is 0 Å².